The highest BCUT2D eigenvalue weighted by molar-refractivity contribution is 6.07. The van der Waals surface area contributed by atoms with Crippen molar-refractivity contribution in [3.8, 4) is 0 Å². The summed E-state index contributed by atoms with van der Waals surface area (Å²) >= 11 is 0. The number of Topliss-reactive ketones (excluding diaryl/α,β-unsaturated/α-hetero) is 1. The van der Waals surface area contributed by atoms with Crippen LogP contribution in [0.5, 0.6) is 0 Å². The molecule has 0 aromatic heterocycles. The molecule has 2 nitrogen and oxygen atoms in total. The van der Waals surface area contributed by atoms with Crippen LogP contribution in [0.2, 0.25) is 0 Å². The number of rotatable bonds is 2. The predicted octanol–water partition coefficient (Wildman–Crippen LogP) is 3.36. The molecule has 0 radical (unpaired) electrons. The number of benzene rings is 1. The number of carbonyl (C=O) groups excluding carboxylic acids is 1. The van der Waals surface area contributed by atoms with Crippen molar-refractivity contribution in [1.82, 2.24) is 0 Å². The number of hydrogen-bond acceptors (Lipinski definition) is 2. The molecule has 1 saturated heterocycles. The molecule has 0 N–H and O–H groups in total. The zero-order chi connectivity index (χ0) is 12.5. The number of ketones is 1. The lowest BCUT2D eigenvalue weighted by Crippen LogP contribution is -2.28. The minimum atomic E-state index is 0.0417. The van der Waals surface area contributed by atoms with Crippen LogP contribution >= 0.6 is 0 Å². The Morgan fingerprint density at radius 3 is 2.67 bits per heavy atom. The van der Waals surface area contributed by atoms with E-state index in [4.69, 9.17) is 4.74 Å². The molecule has 2 heteroatoms. The van der Waals surface area contributed by atoms with Gasteiger partial charge in [-0.15, -0.1) is 0 Å². The van der Waals surface area contributed by atoms with Gasteiger partial charge < -0.3 is 4.74 Å². The average molecular weight is 240 g/mol. The lowest BCUT2D eigenvalue weighted by molar-refractivity contribution is -0.120. The molecule has 2 fully saturated rings. The van der Waals surface area contributed by atoms with Crippen LogP contribution in [-0.4, -0.2) is 11.9 Å². The average Bonchev–Trinajstić information content (AvgIpc) is 2.87. The molecule has 1 heterocycles. The van der Waals surface area contributed by atoms with Crippen molar-refractivity contribution in [2.24, 2.45) is 0 Å². The fourth-order valence-corrected chi connectivity index (χ4v) is 2.64. The summed E-state index contributed by atoms with van der Waals surface area (Å²) in [5.41, 5.74) is 2.01. The van der Waals surface area contributed by atoms with Crippen LogP contribution < -0.4 is 0 Å². The Kier molecular flexibility index (Phi) is 2.78. The van der Waals surface area contributed by atoms with Crippen LogP contribution in [0.15, 0.2) is 54.3 Å². The number of hydrogen-bond donors (Lipinski definition) is 0. The molecular weight excluding hydrogens is 224 g/mol. The Bertz CT molecular complexity index is 513. The molecule has 2 unspecified atom stereocenters. The van der Waals surface area contributed by atoms with Crippen LogP contribution in [-0.2, 0) is 9.53 Å². The Hall–Kier alpha value is -1.83. The van der Waals surface area contributed by atoms with Gasteiger partial charge in [0.15, 0.2) is 5.78 Å². The fraction of sp³-hybridized carbons (Fsp3) is 0.312. The maximum absolute atomic E-state index is 12.2. The van der Waals surface area contributed by atoms with Gasteiger partial charge >= 0.3 is 0 Å². The summed E-state index contributed by atoms with van der Waals surface area (Å²) < 4.78 is 5.71. The van der Waals surface area contributed by atoms with E-state index in [1.807, 2.05) is 36.4 Å². The molecule has 3 rings (SSSR count). The van der Waals surface area contributed by atoms with E-state index in [1.165, 1.54) is 0 Å². The molecule has 1 aliphatic heterocycles. The molecule has 0 amide bonds. The van der Waals surface area contributed by atoms with Gasteiger partial charge in [-0.3, -0.25) is 4.79 Å². The molecule has 0 bridgehead atoms. The molecule has 1 aromatic rings. The van der Waals surface area contributed by atoms with Crippen molar-refractivity contribution in [2.45, 2.75) is 31.3 Å². The number of allylic oxidation sites excluding steroid dienone is 2. The maximum atomic E-state index is 12.2. The summed E-state index contributed by atoms with van der Waals surface area (Å²) in [6.07, 6.45) is 4.55. The smallest absolute Gasteiger partial charge is 0.170 e. The zero-order valence-electron chi connectivity index (χ0n) is 10.3. The predicted molar refractivity (Wildman–Crippen MR) is 70.1 cm³/mol. The van der Waals surface area contributed by atoms with Gasteiger partial charge in [0.25, 0.3) is 0 Å². The summed E-state index contributed by atoms with van der Waals surface area (Å²) in [6.45, 7) is 3.73. The van der Waals surface area contributed by atoms with Crippen LogP contribution in [0, 0.1) is 0 Å². The maximum Gasteiger partial charge on any atom is 0.170 e. The van der Waals surface area contributed by atoms with Gasteiger partial charge in [-0.05, 0) is 18.4 Å². The van der Waals surface area contributed by atoms with E-state index in [0.29, 0.717) is 0 Å². The Morgan fingerprint density at radius 1 is 1.28 bits per heavy atom. The highest BCUT2D eigenvalue weighted by atomic mass is 16.5. The standard InChI is InChI=1S/C16H16O2/c1-2-12-8-9-15(18-12)14-10-13(16(14)17)11-6-4-3-5-7-11/h2-7,12-13H,1,8-10H2/b15-14-. The second-order valence-corrected chi connectivity index (χ2v) is 4.86. The van der Waals surface area contributed by atoms with Gasteiger partial charge in [-0.1, -0.05) is 43.0 Å². The van der Waals surface area contributed by atoms with E-state index < -0.39 is 0 Å². The highest BCUT2D eigenvalue weighted by Crippen LogP contribution is 2.42. The first kappa shape index (κ1) is 11.3. The van der Waals surface area contributed by atoms with Gasteiger partial charge in [0, 0.05) is 12.0 Å². The Labute approximate surface area is 107 Å². The Morgan fingerprint density at radius 2 is 2.06 bits per heavy atom. The molecule has 1 aromatic carbocycles. The normalized spacial score (nSPS) is 30.8. The number of ether oxygens (including phenoxy) is 1. The first-order valence-corrected chi connectivity index (χ1v) is 6.40. The molecule has 2 atom stereocenters. The first-order valence-electron chi connectivity index (χ1n) is 6.40. The second kappa shape index (κ2) is 4.45. The van der Waals surface area contributed by atoms with E-state index >= 15 is 0 Å². The minimum absolute atomic E-state index is 0.0417. The van der Waals surface area contributed by atoms with Crippen LogP contribution in [0.25, 0.3) is 0 Å². The Balaban J connectivity index is 1.76. The summed E-state index contributed by atoms with van der Waals surface area (Å²) in [5.74, 6) is 1.18. The third kappa shape index (κ3) is 1.78. The van der Waals surface area contributed by atoms with Gasteiger partial charge in [0.05, 0.1) is 5.92 Å². The molecule has 18 heavy (non-hydrogen) atoms. The van der Waals surface area contributed by atoms with Gasteiger partial charge in [0.1, 0.15) is 11.9 Å². The van der Waals surface area contributed by atoms with E-state index in [9.17, 15) is 4.79 Å². The third-order valence-electron chi connectivity index (χ3n) is 3.77. The summed E-state index contributed by atoms with van der Waals surface area (Å²) in [7, 11) is 0. The molecule has 0 spiro atoms. The summed E-state index contributed by atoms with van der Waals surface area (Å²) in [6, 6.07) is 9.97. The van der Waals surface area contributed by atoms with E-state index in [2.05, 4.69) is 6.58 Å². The monoisotopic (exact) mass is 240 g/mol. The van der Waals surface area contributed by atoms with E-state index in [0.717, 1.165) is 36.2 Å². The molecule has 1 saturated carbocycles. The molecule has 2 aliphatic rings. The lowest BCUT2D eigenvalue weighted by Gasteiger charge is -2.29. The van der Waals surface area contributed by atoms with Gasteiger partial charge in [0.2, 0.25) is 0 Å². The van der Waals surface area contributed by atoms with Crippen molar-refractivity contribution in [3.05, 3.63) is 59.9 Å². The van der Waals surface area contributed by atoms with Crippen molar-refractivity contribution in [1.29, 1.82) is 0 Å². The zero-order valence-corrected chi connectivity index (χ0v) is 10.3. The van der Waals surface area contributed by atoms with Crippen LogP contribution in [0.1, 0.15) is 30.7 Å². The quantitative estimate of drug-likeness (QED) is 0.585. The van der Waals surface area contributed by atoms with Gasteiger partial charge in [-0.25, -0.2) is 0 Å². The molecule has 1 aliphatic carbocycles. The van der Waals surface area contributed by atoms with Crippen molar-refractivity contribution < 1.29 is 9.53 Å². The fourth-order valence-electron chi connectivity index (χ4n) is 2.64. The van der Waals surface area contributed by atoms with E-state index in [1.54, 1.807) is 0 Å². The molecule has 92 valence electrons. The third-order valence-corrected chi connectivity index (χ3v) is 3.77. The van der Waals surface area contributed by atoms with Gasteiger partial charge in [-0.2, -0.15) is 0 Å². The van der Waals surface area contributed by atoms with E-state index in [-0.39, 0.29) is 17.8 Å². The SMILES string of the molecule is C=CC1CC/C(=C2\CC(c3ccccc3)C2=O)O1. The lowest BCUT2D eigenvalue weighted by atomic mass is 9.73. The highest BCUT2D eigenvalue weighted by Gasteiger charge is 2.39. The van der Waals surface area contributed by atoms with Crippen molar-refractivity contribution in [3.63, 3.8) is 0 Å². The molecular formula is C16H16O2. The van der Waals surface area contributed by atoms with Crippen molar-refractivity contribution in [2.75, 3.05) is 0 Å². The minimum Gasteiger partial charge on any atom is -0.490 e. The first-order chi connectivity index (χ1) is 8.79. The van der Waals surface area contributed by atoms with Crippen LogP contribution in [0.3, 0.4) is 0 Å². The summed E-state index contributed by atoms with van der Waals surface area (Å²) in [4.78, 5) is 12.2. The second-order valence-electron chi connectivity index (χ2n) is 4.86. The van der Waals surface area contributed by atoms with Crippen molar-refractivity contribution >= 4 is 5.78 Å². The van der Waals surface area contributed by atoms with Crippen LogP contribution in [0.4, 0.5) is 0 Å². The number of carbonyl (C=O) groups is 1. The topological polar surface area (TPSA) is 26.3 Å². The summed E-state index contributed by atoms with van der Waals surface area (Å²) in [5, 5.41) is 0. The largest absolute Gasteiger partial charge is 0.490 e.